The Balaban J connectivity index is 4.23. The maximum Gasteiger partial charge on any atom is 0.306 e. The summed E-state index contributed by atoms with van der Waals surface area (Å²) in [5.41, 5.74) is 0. The van der Waals surface area contributed by atoms with Crippen molar-refractivity contribution in [2.45, 2.75) is 297 Å². The second kappa shape index (κ2) is 53.5. The standard InChI is InChI=1S/C57H106O5/c1-4-7-10-13-16-19-22-25-27-29-31-33-35-38-41-44-47-50-56(58)61-54-55(53-60-52-49-46-43-40-37-24-21-18-15-12-9-6-3)62-57(59)51-48-45-42-39-36-34-32-30-28-26-23-20-17-14-11-8-5-2/h15,18,25-28,55H,4-14,16-17,19-24,29-54H2,1-3H3/b18-15-,27-25-,28-26-. The molecule has 0 aliphatic heterocycles. The van der Waals surface area contributed by atoms with E-state index in [1.165, 1.54) is 218 Å². The molecule has 0 aromatic heterocycles. The first-order chi connectivity index (χ1) is 30.6. The van der Waals surface area contributed by atoms with Crippen molar-refractivity contribution >= 4 is 11.9 Å². The minimum atomic E-state index is -0.540. The molecule has 5 nitrogen and oxygen atoms in total. The number of unbranched alkanes of at least 4 members (excludes halogenated alkanes) is 34. The van der Waals surface area contributed by atoms with Crippen LogP contribution in [0.1, 0.15) is 290 Å². The lowest BCUT2D eigenvalue weighted by molar-refractivity contribution is -0.163. The average Bonchev–Trinajstić information content (AvgIpc) is 3.27. The Morgan fingerprint density at radius 2 is 0.645 bits per heavy atom. The minimum Gasteiger partial charge on any atom is -0.462 e. The number of carbonyl (C=O) groups excluding carboxylic acids is 2. The first-order valence-corrected chi connectivity index (χ1v) is 27.5. The molecule has 0 aliphatic rings. The summed E-state index contributed by atoms with van der Waals surface area (Å²) < 4.78 is 17.4. The first kappa shape index (κ1) is 60.1. The highest BCUT2D eigenvalue weighted by Gasteiger charge is 2.17. The van der Waals surface area contributed by atoms with Gasteiger partial charge in [-0.2, -0.15) is 0 Å². The Kier molecular flexibility index (Phi) is 51.8. The molecule has 0 bridgehead atoms. The zero-order chi connectivity index (χ0) is 44.9. The van der Waals surface area contributed by atoms with E-state index < -0.39 is 6.10 Å². The summed E-state index contributed by atoms with van der Waals surface area (Å²) in [5.74, 6) is -0.397. The van der Waals surface area contributed by atoms with Crippen LogP contribution >= 0.6 is 0 Å². The third-order valence-corrected chi connectivity index (χ3v) is 12.1. The molecule has 0 spiro atoms. The summed E-state index contributed by atoms with van der Waals surface area (Å²) in [7, 11) is 0. The topological polar surface area (TPSA) is 61.8 Å². The Labute approximate surface area is 387 Å². The van der Waals surface area contributed by atoms with E-state index in [-0.39, 0.29) is 25.2 Å². The molecule has 0 amide bonds. The maximum absolute atomic E-state index is 12.8. The van der Waals surface area contributed by atoms with Crippen molar-refractivity contribution in [2.24, 2.45) is 0 Å². The number of hydrogen-bond acceptors (Lipinski definition) is 5. The van der Waals surface area contributed by atoms with Gasteiger partial charge in [-0.05, 0) is 89.9 Å². The molecule has 0 N–H and O–H groups in total. The number of carbonyl (C=O) groups is 2. The molecule has 5 heteroatoms. The van der Waals surface area contributed by atoms with Gasteiger partial charge in [-0.1, -0.05) is 224 Å². The van der Waals surface area contributed by atoms with Crippen LogP contribution in [-0.4, -0.2) is 37.9 Å². The number of hydrogen-bond donors (Lipinski definition) is 0. The highest BCUT2D eigenvalue weighted by molar-refractivity contribution is 5.70. The second-order valence-corrected chi connectivity index (χ2v) is 18.5. The highest BCUT2D eigenvalue weighted by atomic mass is 16.6. The molecule has 62 heavy (non-hydrogen) atoms. The molecule has 0 radical (unpaired) electrons. The predicted octanol–water partition coefficient (Wildman–Crippen LogP) is 18.6. The fourth-order valence-electron chi connectivity index (χ4n) is 7.95. The minimum absolute atomic E-state index is 0.0824. The summed E-state index contributed by atoms with van der Waals surface area (Å²) in [5, 5.41) is 0. The Morgan fingerprint density at radius 3 is 1.03 bits per heavy atom. The van der Waals surface area contributed by atoms with Gasteiger partial charge in [0.05, 0.1) is 6.61 Å². The summed E-state index contributed by atoms with van der Waals surface area (Å²) in [6, 6.07) is 0. The molecular formula is C57H106O5. The molecule has 0 saturated heterocycles. The van der Waals surface area contributed by atoms with Gasteiger partial charge in [-0.25, -0.2) is 0 Å². The van der Waals surface area contributed by atoms with Gasteiger partial charge in [-0.15, -0.1) is 0 Å². The maximum atomic E-state index is 12.8. The lowest BCUT2D eigenvalue weighted by Crippen LogP contribution is -2.30. The summed E-state index contributed by atoms with van der Waals surface area (Å²) in [6.07, 6.45) is 64.4. The molecule has 0 aromatic rings. The van der Waals surface area contributed by atoms with Crippen LogP contribution in [0.3, 0.4) is 0 Å². The van der Waals surface area contributed by atoms with E-state index in [2.05, 4.69) is 57.2 Å². The largest absolute Gasteiger partial charge is 0.462 e. The van der Waals surface area contributed by atoms with E-state index in [1.54, 1.807) is 0 Å². The zero-order valence-electron chi connectivity index (χ0n) is 41.9. The van der Waals surface area contributed by atoms with Crippen molar-refractivity contribution in [1.82, 2.24) is 0 Å². The molecule has 0 aliphatic carbocycles. The van der Waals surface area contributed by atoms with E-state index >= 15 is 0 Å². The van der Waals surface area contributed by atoms with Gasteiger partial charge in [0.15, 0.2) is 6.10 Å². The third kappa shape index (κ3) is 50.8. The second-order valence-electron chi connectivity index (χ2n) is 18.5. The fourth-order valence-corrected chi connectivity index (χ4v) is 7.95. The molecule has 0 saturated carbocycles. The number of rotatable bonds is 51. The molecule has 0 heterocycles. The SMILES string of the molecule is CCCC/C=C\CCCCCCCCOCC(COC(=O)CCCCCCCCC/C=C\CCCCCCCC)OC(=O)CCCCCCCCC/C=C\CCCCCCCC. The Morgan fingerprint density at radius 1 is 0.339 bits per heavy atom. The van der Waals surface area contributed by atoms with Crippen LogP contribution in [0.5, 0.6) is 0 Å². The van der Waals surface area contributed by atoms with Crippen LogP contribution in [0.15, 0.2) is 36.5 Å². The van der Waals surface area contributed by atoms with Crippen LogP contribution in [0.25, 0.3) is 0 Å². The molecule has 0 rings (SSSR count). The van der Waals surface area contributed by atoms with Crippen LogP contribution in [0.2, 0.25) is 0 Å². The van der Waals surface area contributed by atoms with Gasteiger partial charge in [0.1, 0.15) is 6.61 Å². The number of allylic oxidation sites excluding steroid dienone is 6. The zero-order valence-corrected chi connectivity index (χ0v) is 41.9. The van der Waals surface area contributed by atoms with Crippen molar-refractivity contribution in [3.05, 3.63) is 36.5 Å². The van der Waals surface area contributed by atoms with Gasteiger partial charge in [-0.3, -0.25) is 9.59 Å². The van der Waals surface area contributed by atoms with Crippen molar-refractivity contribution in [3.63, 3.8) is 0 Å². The Hall–Kier alpha value is -1.88. The van der Waals surface area contributed by atoms with Gasteiger partial charge < -0.3 is 14.2 Å². The lowest BCUT2D eigenvalue weighted by atomic mass is 10.1. The van der Waals surface area contributed by atoms with Crippen molar-refractivity contribution < 1.29 is 23.8 Å². The number of esters is 2. The van der Waals surface area contributed by atoms with Crippen molar-refractivity contribution in [3.8, 4) is 0 Å². The van der Waals surface area contributed by atoms with Gasteiger partial charge in [0, 0.05) is 19.4 Å². The molecule has 1 atom stereocenters. The van der Waals surface area contributed by atoms with Crippen LogP contribution in [0.4, 0.5) is 0 Å². The van der Waals surface area contributed by atoms with E-state index in [0.717, 1.165) is 38.5 Å². The van der Waals surface area contributed by atoms with Gasteiger partial charge >= 0.3 is 11.9 Å². The molecule has 364 valence electrons. The smallest absolute Gasteiger partial charge is 0.306 e. The first-order valence-electron chi connectivity index (χ1n) is 27.5. The fraction of sp³-hybridized carbons (Fsp3) is 0.860. The molecule has 1 unspecified atom stereocenters. The summed E-state index contributed by atoms with van der Waals surface area (Å²) in [6.45, 7) is 7.81. The predicted molar refractivity (Wildman–Crippen MR) is 270 cm³/mol. The van der Waals surface area contributed by atoms with Crippen molar-refractivity contribution in [2.75, 3.05) is 19.8 Å². The molecular weight excluding hydrogens is 765 g/mol. The monoisotopic (exact) mass is 871 g/mol. The van der Waals surface area contributed by atoms with Crippen LogP contribution < -0.4 is 0 Å². The van der Waals surface area contributed by atoms with Crippen molar-refractivity contribution in [1.29, 1.82) is 0 Å². The van der Waals surface area contributed by atoms with Crippen LogP contribution in [0, 0.1) is 0 Å². The quantitative estimate of drug-likeness (QED) is 0.0346. The van der Waals surface area contributed by atoms with E-state index in [0.29, 0.717) is 19.4 Å². The van der Waals surface area contributed by atoms with Gasteiger partial charge in [0.25, 0.3) is 0 Å². The van der Waals surface area contributed by atoms with E-state index in [9.17, 15) is 9.59 Å². The summed E-state index contributed by atoms with van der Waals surface area (Å²) in [4.78, 5) is 25.4. The molecule has 0 aromatic carbocycles. The Bertz CT molecular complexity index is 986. The van der Waals surface area contributed by atoms with Crippen LogP contribution in [-0.2, 0) is 23.8 Å². The lowest BCUT2D eigenvalue weighted by Gasteiger charge is -2.18. The summed E-state index contributed by atoms with van der Waals surface area (Å²) >= 11 is 0. The average molecular weight is 871 g/mol. The van der Waals surface area contributed by atoms with E-state index in [4.69, 9.17) is 14.2 Å². The van der Waals surface area contributed by atoms with Gasteiger partial charge in [0.2, 0.25) is 0 Å². The highest BCUT2D eigenvalue weighted by Crippen LogP contribution is 2.15. The van der Waals surface area contributed by atoms with E-state index in [1.807, 2.05) is 0 Å². The molecule has 0 fully saturated rings. The normalized spacial score (nSPS) is 12.4. The third-order valence-electron chi connectivity index (χ3n) is 12.1. The number of ether oxygens (including phenoxy) is 3.